The molecule has 0 radical (unpaired) electrons. The summed E-state index contributed by atoms with van der Waals surface area (Å²) < 4.78 is 6.30. The second-order valence-electron chi connectivity index (χ2n) is 6.99. The number of nitrogens with one attached hydrogen (secondary N) is 2. The molecule has 6 nitrogen and oxygen atoms in total. The largest absolute Gasteiger partial charge is 0.497 e. The zero-order valence-electron chi connectivity index (χ0n) is 16.1. The lowest BCUT2D eigenvalue weighted by molar-refractivity contribution is 0.415. The van der Waals surface area contributed by atoms with Crippen molar-refractivity contribution >= 4 is 55.5 Å². The summed E-state index contributed by atoms with van der Waals surface area (Å²) in [7, 11) is 1.66. The van der Waals surface area contributed by atoms with Gasteiger partial charge >= 0.3 is 0 Å². The Morgan fingerprint density at radius 3 is 2.83 bits per heavy atom. The number of nitrogens with zero attached hydrogens (tertiary/aromatic N) is 3. The van der Waals surface area contributed by atoms with E-state index in [1.165, 1.54) is 0 Å². The quantitative estimate of drug-likeness (QED) is 0.548. The minimum Gasteiger partial charge on any atom is -0.497 e. The zero-order valence-corrected chi connectivity index (χ0v) is 18.5. The van der Waals surface area contributed by atoms with E-state index in [-0.39, 0.29) is 0 Å². The highest BCUT2D eigenvalue weighted by Gasteiger charge is 2.22. The van der Waals surface area contributed by atoms with Crippen molar-refractivity contribution in [2.75, 3.05) is 30.4 Å². The SMILES string of the molecule is COc1cccc(NC(=S)NC2CCN(c3nncc4ccc(Br)cc34)CC2)c1. The molecule has 0 aliphatic carbocycles. The molecular formula is C21H22BrN5OS. The molecule has 1 saturated heterocycles. The van der Waals surface area contributed by atoms with Crippen molar-refractivity contribution in [3.8, 4) is 5.75 Å². The number of thiocarbonyl (C=S) groups is 1. The van der Waals surface area contributed by atoms with E-state index in [0.29, 0.717) is 11.2 Å². The molecule has 0 atom stereocenters. The second-order valence-corrected chi connectivity index (χ2v) is 8.32. The van der Waals surface area contributed by atoms with Crippen LogP contribution in [0.4, 0.5) is 11.5 Å². The Balaban J connectivity index is 1.36. The Hall–Kier alpha value is -2.45. The van der Waals surface area contributed by atoms with Crippen LogP contribution in [0.15, 0.2) is 53.1 Å². The lowest BCUT2D eigenvalue weighted by atomic mass is 10.0. The lowest BCUT2D eigenvalue weighted by Gasteiger charge is -2.34. The smallest absolute Gasteiger partial charge is 0.170 e. The molecule has 1 aliphatic heterocycles. The summed E-state index contributed by atoms with van der Waals surface area (Å²) in [6.07, 6.45) is 3.76. The molecule has 0 saturated carbocycles. The summed E-state index contributed by atoms with van der Waals surface area (Å²) in [5.41, 5.74) is 0.913. The van der Waals surface area contributed by atoms with Crippen LogP contribution in [0.3, 0.4) is 0 Å². The van der Waals surface area contributed by atoms with Gasteiger partial charge in [-0.2, -0.15) is 5.10 Å². The van der Waals surface area contributed by atoms with E-state index in [4.69, 9.17) is 17.0 Å². The van der Waals surface area contributed by atoms with Crippen LogP contribution in [0.25, 0.3) is 10.8 Å². The molecule has 2 heterocycles. The number of ether oxygens (including phenoxy) is 1. The summed E-state index contributed by atoms with van der Waals surface area (Å²) >= 11 is 9.05. The van der Waals surface area contributed by atoms with Crippen LogP contribution in [0, 0.1) is 0 Å². The number of aromatic nitrogens is 2. The van der Waals surface area contributed by atoms with Gasteiger partial charge in [-0.3, -0.25) is 0 Å². The predicted octanol–water partition coefficient (Wildman–Crippen LogP) is 4.36. The van der Waals surface area contributed by atoms with Crippen LogP contribution < -0.4 is 20.3 Å². The molecule has 150 valence electrons. The van der Waals surface area contributed by atoms with E-state index in [1.54, 1.807) is 7.11 Å². The number of anilines is 2. The van der Waals surface area contributed by atoms with Crippen molar-refractivity contribution in [3.05, 3.63) is 53.1 Å². The maximum atomic E-state index is 5.49. The van der Waals surface area contributed by atoms with Gasteiger partial charge in [-0.15, -0.1) is 5.10 Å². The van der Waals surface area contributed by atoms with Gasteiger partial charge < -0.3 is 20.3 Å². The van der Waals surface area contributed by atoms with Gasteiger partial charge in [-0.1, -0.05) is 28.1 Å². The molecule has 0 spiro atoms. The van der Waals surface area contributed by atoms with Crippen LogP contribution in [0.2, 0.25) is 0 Å². The first-order valence-electron chi connectivity index (χ1n) is 9.50. The normalized spacial score (nSPS) is 14.6. The summed E-state index contributed by atoms with van der Waals surface area (Å²) in [5, 5.41) is 18.1. The van der Waals surface area contributed by atoms with E-state index in [1.807, 2.05) is 36.5 Å². The van der Waals surface area contributed by atoms with Crippen molar-refractivity contribution in [1.29, 1.82) is 0 Å². The van der Waals surface area contributed by atoms with Crippen molar-refractivity contribution < 1.29 is 4.74 Å². The van der Waals surface area contributed by atoms with E-state index < -0.39 is 0 Å². The molecule has 3 aromatic rings. The fraction of sp³-hybridized carbons (Fsp3) is 0.286. The average molecular weight is 472 g/mol. The summed E-state index contributed by atoms with van der Waals surface area (Å²) in [6.45, 7) is 1.81. The average Bonchev–Trinajstić information content (AvgIpc) is 2.74. The van der Waals surface area contributed by atoms with E-state index >= 15 is 0 Å². The number of hydrogen-bond donors (Lipinski definition) is 2. The molecule has 1 aromatic heterocycles. The monoisotopic (exact) mass is 471 g/mol. The molecule has 4 rings (SSSR count). The number of benzene rings is 2. The van der Waals surface area contributed by atoms with Crippen molar-refractivity contribution in [2.45, 2.75) is 18.9 Å². The maximum Gasteiger partial charge on any atom is 0.170 e. The third kappa shape index (κ3) is 4.76. The highest BCUT2D eigenvalue weighted by Crippen LogP contribution is 2.28. The molecule has 0 unspecified atom stereocenters. The molecule has 8 heteroatoms. The first-order chi connectivity index (χ1) is 14.1. The van der Waals surface area contributed by atoms with Gasteiger partial charge in [0, 0.05) is 46.1 Å². The lowest BCUT2D eigenvalue weighted by Crippen LogP contribution is -2.46. The fourth-order valence-corrected chi connectivity index (χ4v) is 4.20. The second kappa shape index (κ2) is 8.92. The van der Waals surface area contributed by atoms with Gasteiger partial charge in [0.05, 0.1) is 13.3 Å². The Morgan fingerprint density at radius 2 is 2.03 bits per heavy atom. The fourth-order valence-electron chi connectivity index (χ4n) is 3.56. The Kier molecular flexibility index (Phi) is 6.10. The molecule has 1 fully saturated rings. The number of halogens is 1. The van der Waals surface area contributed by atoms with Gasteiger partial charge in [-0.05, 0) is 49.3 Å². The summed E-state index contributed by atoms with van der Waals surface area (Å²) in [4.78, 5) is 2.30. The highest BCUT2D eigenvalue weighted by molar-refractivity contribution is 9.10. The van der Waals surface area contributed by atoms with E-state index in [0.717, 1.165) is 58.4 Å². The maximum absolute atomic E-state index is 5.49. The van der Waals surface area contributed by atoms with Gasteiger partial charge in [-0.25, -0.2) is 0 Å². The Bertz CT molecular complexity index is 1020. The minimum atomic E-state index is 0.325. The number of fused-ring (bicyclic) bond motifs is 1. The molecule has 2 N–H and O–H groups in total. The number of hydrogen-bond acceptors (Lipinski definition) is 5. The summed E-state index contributed by atoms with van der Waals surface area (Å²) in [6, 6.07) is 14.3. The summed E-state index contributed by atoms with van der Waals surface area (Å²) in [5.74, 6) is 1.74. The minimum absolute atomic E-state index is 0.325. The van der Waals surface area contributed by atoms with E-state index in [2.05, 4.69) is 53.8 Å². The molecule has 0 amide bonds. The topological polar surface area (TPSA) is 62.3 Å². The highest BCUT2D eigenvalue weighted by atomic mass is 79.9. The van der Waals surface area contributed by atoms with Gasteiger partial charge in [0.1, 0.15) is 5.75 Å². The molecule has 0 bridgehead atoms. The molecule has 1 aliphatic rings. The number of piperidine rings is 1. The van der Waals surface area contributed by atoms with E-state index in [9.17, 15) is 0 Å². The standard InChI is InChI=1S/C21H22BrN5OS/c1-28-18-4-2-3-17(12-18)25-21(29)24-16-7-9-27(10-8-16)20-19-11-15(22)6-5-14(19)13-23-26-20/h2-6,11-13,16H,7-10H2,1H3,(H2,24,25,29). The van der Waals surface area contributed by atoms with Gasteiger partial charge in [0.25, 0.3) is 0 Å². The number of rotatable bonds is 4. The molecular weight excluding hydrogens is 450 g/mol. The first-order valence-corrected chi connectivity index (χ1v) is 10.7. The van der Waals surface area contributed by atoms with Gasteiger partial charge in [0.2, 0.25) is 0 Å². The number of methoxy groups -OCH3 is 1. The molecule has 2 aromatic carbocycles. The zero-order chi connectivity index (χ0) is 20.2. The van der Waals surface area contributed by atoms with Crippen LogP contribution in [-0.2, 0) is 0 Å². The van der Waals surface area contributed by atoms with Crippen LogP contribution in [-0.4, -0.2) is 41.6 Å². The van der Waals surface area contributed by atoms with Crippen molar-refractivity contribution in [2.24, 2.45) is 0 Å². The van der Waals surface area contributed by atoms with Crippen LogP contribution >= 0.6 is 28.1 Å². The third-order valence-electron chi connectivity index (χ3n) is 5.06. The predicted molar refractivity (Wildman–Crippen MR) is 125 cm³/mol. The first kappa shape index (κ1) is 19.8. The third-order valence-corrected chi connectivity index (χ3v) is 5.78. The van der Waals surface area contributed by atoms with Crippen LogP contribution in [0.1, 0.15) is 12.8 Å². The van der Waals surface area contributed by atoms with Crippen molar-refractivity contribution in [1.82, 2.24) is 15.5 Å². The Morgan fingerprint density at radius 1 is 1.21 bits per heavy atom. The van der Waals surface area contributed by atoms with Crippen LogP contribution in [0.5, 0.6) is 5.75 Å². The van der Waals surface area contributed by atoms with Crippen molar-refractivity contribution in [3.63, 3.8) is 0 Å². The molecule has 29 heavy (non-hydrogen) atoms. The van der Waals surface area contributed by atoms with Gasteiger partial charge in [0.15, 0.2) is 10.9 Å². The Labute approximate surface area is 183 Å².